The van der Waals surface area contributed by atoms with Crippen molar-refractivity contribution in [2.24, 2.45) is 0 Å². The van der Waals surface area contributed by atoms with Gasteiger partial charge in [-0.15, -0.1) is 0 Å². The topological polar surface area (TPSA) is 104 Å². The van der Waals surface area contributed by atoms with E-state index in [2.05, 4.69) is 49.8 Å². The van der Waals surface area contributed by atoms with Crippen molar-refractivity contribution in [3.63, 3.8) is 0 Å². The lowest BCUT2D eigenvalue weighted by molar-refractivity contribution is 0.130. The summed E-state index contributed by atoms with van der Waals surface area (Å²) in [5, 5.41) is 7.96. The number of ether oxygens (including phenoxy) is 2. The van der Waals surface area contributed by atoms with E-state index >= 15 is 0 Å². The zero-order valence-corrected chi connectivity index (χ0v) is 21.5. The monoisotopic (exact) mass is 512 g/mol. The number of pyridine rings is 3. The number of hydrogen-bond donors (Lipinski definition) is 3. The number of hydrogen-bond acceptors (Lipinski definition) is 8. The summed E-state index contributed by atoms with van der Waals surface area (Å²) in [6.45, 7) is 5.30. The van der Waals surface area contributed by atoms with Crippen LogP contribution in [0.1, 0.15) is 24.3 Å². The number of aromatic amines is 1. The van der Waals surface area contributed by atoms with Crippen molar-refractivity contribution < 1.29 is 9.47 Å². The first kappa shape index (κ1) is 24.4. The average Bonchev–Trinajstić information content (AvgIpc) is 2.96. The van der Waals surface area contributed by atoms with Crippen molar-refractivity contribution in [2.75, 3.05) is 57.1 Å². The smallest absolute Gasteiger partial charge is 0.259 e. The molecule has 3 N–H and O–H groups in total. The van der Waals surface area contributed by atoms with Crippen LogP contribution in [-0.2, 0) is 4.74 Å². The maximum Gasteiger partial charge on any atom is 0.259 e. The predicted molar refractivity (Wildman–Crippen MR) is 150 cm³/mol. The highest BCUT2D eigenvalue weighted by Crippen LogP contribution is 2.33. The Hall–Kier alpha value is -3.95. The Labute approximate surface area is 221 Å². The first-order chi connectivity index (χ1) is 18.7. The number of aromatic nitrogens is 3. The molecular formula is C29H32N6O3. The number of H-pyrrole nitrogens is 1. The van der Waals surface area contributed by atoms with Crippen LogP contribution in [0.3, 0.4) is 0 Å². The minimum absolute atomic E-state index is 0.183. The summed E-state index contributed by atoms with van der Waals surface area (Å²) in [5.41, 5.74) is 3.59. The minimum Gasteiger partial charge on any atom is -0.488 e. The summed E-state index contributed by atoms with van der Waals surface area (Å²) < 4.78 is 11.0. The summed E-state index contributed by atoms with van der Waals surface area (Å²) >= 11 is 0. The van der Waals surface area contributed by atoms with E-state index in [1.54, 1.807) is 19.5 Å². The quantitative estimate of drug-likeness (QED) is 0.336. The third-order valence-electron chi connectivity index (χ3n) is 7.40. The molecule has 196 valence electrons. The molecule has 0 atom stereocenters. The van der Waals surface area contributed by atoms with Crippen LogP contribution in [0.2, 0.25) is 0 Å². The lowest BCUT2D eigenvalue weighted by atomic mass is 9.89. The Morgan fingerprint density at radius 3 is 2.82 bits per heavy atom. The SMILES string of the molecule is COCCN1CCC(c2ccc(Nc3nc(-c4cnc5c(c4)OCCN5)cc4cc[nH]c(=O)c34)cc2)CC1. The van der Waals surface area contributed by atoms with E-state index in [1.165, 1.54) is 5.56 Å². The molecule has 0 saturated carbocycles. The van der Waals surface area contributed by atoms with Gasteiger partial charge in [0.25, 0.3) is 5.56 Å². The van der Waals surface area contributed by atoms with Gasteiger partial charge in [0.15, 0.2) is 11.6 Å². The van der Waals surface area contributed by atoms with Crippen LogP contribution >= 0.6 is 0 Å². The standard InChI is InChI=1S/C29H32N6O3/c1-37-15-13-35-11-7-20(8-12-35)19-2-4-23(5-3-19)33-28-26-21(6-9-31-29(26)36)16-24(34-28)22-17-25-27(32-18-22)30-10-14-38-25/h2-6,9,16-18,20H,7-8,10-15H2,1H3,(H,30,32)(H,31,36)(H,33,34). The van der Waals surface area contributed by atoms with E-state index in [1.807, 2.05) is 18.2 Å². The van der Waals surface area contributed by atoms with Crippen LogP contribution < -0.4 is 20.9 Å². The Kier molecular flexibility index (Phi) is 6.94. The molecule has 1 fully saturated rings. The third-order valence-corrected chi connectivity index (χ3v) is 7.40. The molecule has 2 aliphatic rings. The fraction of sp³-hybridized carbons (Fsp3) is 0.345. The highest BCUT2D eigenvalue weighted by molar-refractivity contribution is 5.95. The molecular weight excluding hydrogens is 480 g/mol. The summed E-state index contributed by atoms with van der Waals surface area (Å²) in [6.07, 6.45) is 5.73. The van der Waals surface area contributed by atoms with E-state index in [4.69, 9.17) is 14.5 Å². The van der Waals surface area contributed by atoms with Gasteiger partial charge in [0.05, 0.1) is 24.2 Å². The van der Waals surface area contributed by atoms with Crippen molar-refractivity contribution in [3.05, 3.63) is 70.8 Å². The van der Waals surface area contributed by atoms with Gasteiger partial charge in [-0.3, -0.25) is 4.79 Å². The Morgan fingerprint density at radius 2 is 2.00 bits per heavy atom. The maximum atomic E-state index is 12.8. The van der Waals surface area contributed by atoms with Gasteiger partial charge in [0.1, 0.15) is 12.4 Å². The molecule has 9 nitrogen and oxygen atoms in total. The van der Waals surface area contributed by atoms with Crippen molar-refractivity contribution in [2.45, 2.75) is 18.8 Å². The molecule has 4 aromatic rings. The number of piperidine rings is 1. The first-order valence-electron chi connectivity index (χ1n) is 13.2. The van der Waals surface area contributed by atoms with Gasteiger partial charge >= 0.3 is 0 Å². The van der Waals surface area contributed by atoms with Crippen LogP contribution in [0.4, 0.5) is 17.3 Å². The lowest BCUT2D eigenvalue weighted by Crippen LogP contribution is -2.35. The van der Waals surface area contributed by atoms with Gasteiger partial charge in [-0.2, -0.15) is 0 Å². The van der Waals surface area contributed by atoms with Gasteiger partial charge < -0.3 is 30.0 Å². The molecule has 6 rings (SSSR count). The zero-order valence-electron chi connectivity index (χ0n) is 21.5. The van der Waals surface area contributed by atoms with E-state index in [0.717, 1.165) is 68.1 Å². The summed E-state index contributed by atoms with van der Waals surface area (Å²) in [5.74, 6) is 2.50. The molecule has 1 saturated heterocycles. The van der Waals surface area contributed by atoms with E-state index in [9.17, 15) is 4.79 Å². The number of fused-ring (bicyclic) bond motifs is 2. The Bertz CT molecular complexity index is 1480. The summed E-state index contributed by atoms with van der Waals surface area (Å²) in [6, 6.07) is 14.3. The second-order valence-corrected chi connectivity index (χ2v) is 9.83. The molecule has 9 heteroatoms. The van der Waals surface area contributed by atoms with Crippen LogP contribution in [0.5, 0.6) is 5.75 Å². The van der Waals surface area contributed by atoms with E-state index in [0.29, 0.717) is 35.2 Å². The maximum absolute atomic E-state index is 12.8. The van der Waals surface area contributed by atoms with Crippen LogP contribution in [0.25, 0.3) is 22.0 Å². The van der Waals surface area contributed by atoms with Gasteiger partial charge in [0, 0.05) is 37.3 Å². The van der Waals surface area contributed by atoms with Gasteiger partial charge in [-0.1, -0.05) is 12.1 Å². The normalized spacial score (nSPS) is 16.0. The Balaban J connectivity index is 1.26. The lowest BCUT2D eigenvalue weighted by Gasteiger charge is -2.32. The van der Waals surface area contributed by atoms with Crippen molar-refractivity contribution in [1.29, 1.82) is 0 Å². The fourth-order valence-corrected chi connectivity index (χ4v) is 5.30. The number of nitrogens with one attached hydrogen (secondary N) is 3. The van der Waals surface area contributed by atoms with Gasteiger partial charge in [-0.05, 0) is 73.1 Å². The van der Waals surface area contributed by atoms with Crippen molar-refractivity contribution >= 4 is 28.1 Å². The van der Waals surface area contributed by atoms with E-state index < -0.39 is 0 Å². The number of likely N-dealkylation sites (tertiary alicyclic amines) is 1. The molecule has 38 heavy (non-hydrogen) atoms. The average molecular weight is 513 g/mol. The van der Waals surface area contributed by atoms with Crippen LogP contribution in [0, 0.1) is 0 Å². The molecule has 5 heterocycles. The molecule has 0 radical (unpaired) electrons. The van der Waals surface area contributed by atoms with E-state index in [-0.39, 0.29) is 5.56 Å². The van der Waals surface area contributed by atoms with Crippen LogP contribution in [0.15, 0.2) is 59.7 Å². The molecule has 0 aliphatic carbocycles. The van der Waals surface area contributed by atoms with Crippen molar-refractivity contribution in [1.82, 2.24) is 19.9 Å². The van der Waals surface area contributed by atoms with Crippen molar-refractivity contribution in [3.8, 4) is 17.0 Å². The number of methoxy groups -OCH3 is 1. The number of benzene rings is 1. The molecule has 0 unspecified atom stereocenters. The third kappa shape index (κ3) is 5.07. The van der Waals surface area contributed by atoms with Gasteiger partial charge in [0.2, 0.25) is 0 Å². The summed E-state index contributed by atoms with van der Waals surface area (Å²) in [4.78, 5) is 27.4. The number of nitrogens with zero attached hydrogens (tertiary/aromatic N) is 3. The molecule has 0 amide bonds. The molecule has 1 aromatic carbocycles. The fourth-order valence-electron chi connectivity index (χ4n) is 5.30. The number of rotatable bonds is 7. The van der Waals surface area contributed by atoms with Gasteiger partial charge in [-0.25, -0.2) is 9.97 Å². The minimum atomic E-state index is -0.183. The second kappa shape index (κ2) is 10.8. The zero-order chi connectivity index (χ0) is 25.9. The number of anilines is 3. The predicted octanol–water partition coefficient (Wildman–Crippen LogP) is 4.36. The molecule has 0 spiro atoms. The summed E-state index contributed by atoms with van der Waals surface area (Å²) in [7, 11) is 1.75. The molecule has 3 aromatic heterocycles. The highest BCUT2D eigenvalue weighted by Gasteiger charge is 2.21. The van der Waals surface area contributed by atoms with Crippen LogP contribution in [-0.4, -0.2) is 66.4 Å². The molecule has 2 aliphatic heterocycles. The second-order valence-electron chi connectivity index (χ2n) is 9.83. The Morgan fingerprint density at radius 1 is 1.16 bits per heavy atom. The largest absolute Gasteiger partial charge is 0.488 e. The first-order valence-corrected chi connectivity index (χ1v) is 13.2. The highest BCUT2D eigenvalue weighted by atomic mass is 16.5. The molecule has 0 bridgehead atoms.